The third-order valence-corrected chi connectivity index (χ3v) is 5.42. The first-order valence-corrected chi connectivity index (χ1v) is 9.53. The van der Waals surface area contributed by atoms with Crippen molar-refractivity contribution in [3.8, 4) is 0 Å². The van der Waals surface area contributed by atoms with E-state index in [1.54, 1.807) is 0 Å². The first kappa shape index (κ1) is 16.2. The molecular formula is C18H14Cl2N2OS. The first-order valence-electron chi connectivity index (χ1n) is 7.55. The molecule has 122 valence electrons. The van der Waals surface area contributed by atoms with Gasteiger partial charge in [-0.1, -0.05) is 65.3 Å². The smallest absolute Gasteiger partial charge is 0.188 e. The highest BCUT2D eigenvalue weighted by atomic mass is 35.5. The number of halogens is 2. The van der Waals surface area contributed by atoms with Crippen LogP contribution in [-0.2, 0) is 17.8 Å². The maximum atomic E-state index is 6.45. The lowest BCUT2D eigenvalue weighted by molar-refractivity contribution is 0.0264. The Morgan fingerprint density at radius 2 is 1.92 bits per heavy atom. The minimum Gasteiger partial charge on any atom is -0.368 e. The molecule has 0 aliphatic carbocycles. The number of benzene rings is 2. The van der Waals surface area contributed by atoms with Gasteiger partial charge in [0.1, 0.15) is 5.15 Å². The second-order valence-corrected chi connectivity index (χ2v) is 7.15. The number of aromatic nitrogens is 2. The van der Waals surface area contributed by atoms with E-state index in [-0.39, 0.29) is 6.10 Å². The molecule has 0 spiro atoms. The summed E-state index contributed by atoms with van der Waals surface area (Å²) < 4.78 is 6.08. The van der Waals surface area contributed by atoms with Gasteiger partial charge in [-0.25, -0.2) is 9.97 Å². The summed E-state index contributed by atoms with van der Waals surface area (Å²) in [6, 6.07) is 12.1. The molecule has 6 heteroatoms. The highest BCUT2D eigenvalue weighted by Gasteiger charge is 2.26. The van der Waals surface area contributed by atoms with Crippen molar-refractivity contribution in [2.75, 3.05) is 6.26 Å². The van der Waals surface area contributed by atoms with Gasteiger partial charge in [-0.15, -0.1) is 0 Å². The average Bonchev–Trinajstić information content (AvgIpc) is 2.61. The number of thioether (sulfide) groups is 1. The van der Waals surface area contributed by atoms with Crippen LogP contribution in [0.15, 0.2) is 41.6 Å². The Balaban J connectivity index is 1.79. The van der Waals surface area contributed by atoms with Gasteiger partial charge in [0.25, 0.3) is 0 Å². The molecule has 0 N–H and O–H groups in total. The molecule has 1 aliphatic heterocycles. The number of fused-ring (bicyclic) bond motifs is 2. The summed E-state index contributed by atoms with van der Waals surface area (Å²) in [4.78, 5) is 8.91. The van der Waals surface area contributed by atoms with Gasteiger partial charge in [0.15, 0.2) is 5.16 Å². The third kappa shape index (κ3) is 2.78. The van der Waals surface area contributed by atoms with Crippen molar-refractivity contribution in [1.82, 2.24) is 9.97 Å². The van der Waals surface area contributed by atoms with E-state index in [1.807, 2.05) is 24.5 Å². The minimum atomic E-state index is -0.0956. The molecule has 0 radical (unpaired) electrons. The lowest BCUT2D eigenvalue weighted by Gasteiger charge is -2.26. The Kier molecular flexibility index (Phi) is 4.39. The number of nitrogens with zero attached hydrogens (tertiary/aromatic N) is 2. The molecule has 2 heterocycles. The Morgan fingerprint density at radius 1 is 1.12 bits per heavy atom. The van der Waals surface area contributed by atoms with E-state index < -0.39 is 0 Å². The quantitative estimate of drug-likeness (QED) is 0.337. The van der Waals surface area contributed by atoms with Crippen LogP contribution in [0.1, 0.15) is 22.9 Å². The Hall–Kier alpha value is -1.33. The van der Waals surface area contributed by atoms with Crippen molar-refractivity contribution in [3.63, 3.8) is 0 Å². The molecule has 0 fully saturated rings. The van der Waals surface area contributed by atoms with Crippen molar-refractivity contribution in [2.45, 2.75) is 24.3 Å². The number of ether oxygens (including phenoxy) is 1. The topological polar surface area (TPSA) is 35.0 Å². The van der Waals surface area contributed by atoms with Crippen molar-refractivity contribution in [3.05, 3.63) is 63.4 Å². The molecule has 0 saturated carbocycles. The Morgan fingerprint density at radius 3 is 2.71 bits per heavy atom. The molecule has 3 nitrogen and oxygen atoms in total. The summed E-state index contributed by atoms with van der Waals surface area (Å²) in [5, 5.41) is 4.07. The second-order valence-electron chi connectivity index (χ2n) is 5.62. The second kappa shape index (κ2) is 6.52. The van der Waals surface area contributed by atoms with Crippen molar-refractivity contribution >= 4 is 45.7 Å². The summed E-state index contributed by atoms with van der Waals surface area (Å²) >= 11 is 14.2. The van der Waals surface area contributed by atoms with E-state index >= 15 is 0 Å². The van der Waals surface area contributed by atoms with Gasteiger partial charge in [0.2, 0.25) is 0 Å². The number of hydrogen-bond donors (Lipinski definition) is 0. The molecule has 0 amide bonds. The van der Waals surface area contributed by atoms with Crippen molar-refractivity contribution < 1.29 is 4.74 Å². The highest BCUT2D eigenvalue weighted by molar-refractivity contribution is 7.98. The van der Waals surface area contributed by atoms with E-state index in [0.717, 1.165) is 32.6 Å². The average molecular weight is 377 g/mol. The van der Waals surface area contributed by atoms with Gasteiger partial charge in [-0.05, 0) is 23.3 Å². The van der Waals surface area contributed by atoms with E-state index in [9.17, 15) is 0 Å². The number of hydrogen-bond acceptors (Lipinski definition) is 4. The van der Waals surface area contributed by atoms with Crippen molar-refractivity contribution in [1.29, 1.82) is 0 Å². The zero-order valence-corrected chi connectivity index (χ0v) is 15.3. The SMILES string of the molecule is CSc1nc(Cl)c2c(n1)C[C@@H](c1cccc3cccc(Cl)c13)OC2. The van der Waals surface area contributed by atoms with Gasteiger partial charge in [0.05, 0.1) is 18.4 Å². The predicted octanol–water partition coefficient (Wildman–Crippen LogP) is 5.47. The molecule has 2 aromatic carbocycles. The summed E-state index contributed by atoms with van der Waals surface area (Å²) in [6.45, 7) is 0.411. The van der Waals surface area contributed by atoms with E-state index in [1.165, 1.54) is 11.8 Å². The monoisotopic (exact) mass is 376 g/mol. The van der Waals surface area contributed by atoms with E-state index in [0.29, 0.717) is 23.3 Å². The molecular weight excluding hydrogens is 363 g/mol. The fraction of sp³-hybridized carbons (Fsp3) is 0.222. The zero-order valence-electron chi connectivity index (χ0n) is 12.9. The summed E-state index contributed by atoms with van der Waals surface area (Å²) in [5.41, 5.74) is 2.93. The summed E-state index contributed by atoms with van der Waals surface area (Å²) in [7, 11) is 0. The van der Waals surface area contributed by atoms with Crippen LogP contribution in [0.5, 0.6) is 0 Å². The zero-order chi connectivity index (χ0) is 16.7. The normalized spacial score (nSPS) is 17.0. The lowest BCUT2D eigenvalue weighted by atomic mass is 9.95. The molecule has 3 aromatic rings. The Bertz CT molecular complexity index is 927. The standard InChI is InChI=1S/C18H14Cl2N2OS/c1-24-18-21-14-8-15(23-9-12(14)17(20)22-18)11-6-2-4-10-5-3-7-13(19)16(10)11/h2-7,15H,8-9H2,1H3/t15-/m0/s1. The van der Waals surface area contributed by atoms with E-state index in [4.69, 9.17) is 27.9 Å². The molecule has 0 saturated heterocycles. The van der Waals surface area contributed by atoms with Gasteiger partial charge in [-0.3, -0.25) is 0 Å². The van der Waals surface area contributed by atoms with Gasteiger partial charge in [0, 0.05) is 22.4 Å². The van der Waals surface area contributed by atoms with Crippen LogP contribution in [0.25, 0.3) is 10.8 Å². The maximum Gasteiger partial charge on any atom is 0.188 e. The van der Waals surface area contributed by atoms with Crippen LogP contribution in [-0.4, -0.2) is 16.2 Å². The van der Waals surface area contributed by atoms with Gasteiger partial charge >= 0.3 is 0 Å². The lowest BCUT2D eigenvalue weighted by Crippen LogP contribution is -2.18. The third-order valence-electron chi connectivity index (χ3n) is 4.24. The molecule has 0 unspecified atom stereocenters. The van der Waals surface area contributed by atoms with Crippen molar-refractivity contribution in [2.24, 2.45) is 0 Å². The van der Waals surface area contributed by atoms with Crippen LogP contribution >= 0.6 is 35.0 Å². The Labute approximate surface area is 154 Å². The molecule has 1 atom stereocenters. The van der Waals surface area contributed by atoms with Crippen LogP contribution in [0.4, 0.5) is 0 Å². The maximum absolute atomic E-state index is 6.45. The number of rotatable bonds is 2. The summed E-state index contributed by atoms with van der Waals surface area (Å²) in [6.07, 6.45) is 2.51. The molecule has 1 aromatic heterocycles. The fourth-order valence-electron chi connectivity index (χ4n) is 3.09. The van der Waals surface area contributed by atoms with Gasteiger partial charge < -0.3 is 4.74 Å². The predicted molar refractivity (Wildman–Crippen MR) is 99.0 cm³/mol. The van der Waals surface area contributed by atoms with Gasteiger partial charge in [-0.2, -0.15) is 0 Å². The van der Waals surface area contributed by atoms with Crippen LogP contribution < -0.4 is 0 Å². The fourth-order valence-corrected chi connectivity index (χ4v) is 4.06. The minimum absolute atomic E-state index is 0.0956. The van der Waals surface area contributed by atoms with Crippen LogP contribution in [0, 0.1) is 0 Å². The molecule has 1 aliphatic rings. The van der Waals surface area contributed by atoms with Crippen LogP contribution in [0.3, 0.4) is 0 Å². The molecule has 0 bridgehead atoms. The van der Waals surface area contributed by atoms with Crippen LogP contribution in [0.2, 0.25) is 10.2 Å². The van der Waals surface area contributed by atoms with E-state index in [2.05, 4.69) is 28.2 Å². The molecule has 24 heavy (non-hydrogen) atoms. The summed E-state index contributed by atoms with van der Waals surface area (Å²) in [5.74, 6) is 0. The molecule has 4 rings (SSSR count). The largest absolute Gasteiger partial charge is 0.368 e. The first-order chi connectivity index (χ1) is 11.7. The highest BCUT2D eigenvalue weighted by Crippen LogP contribution is 2.38.